The van der Waals surface area contributed by atoms with Crippen LogP contribution in [-0.4, -0.2) is 27.1 Å². The molecule has 0 heterocycles. The van der Waals surface area contributed by atoms with E-state index in [1.807, 2.05) is 0 Å². The molecule has 0 spiro atoms. The van der Waals surface area contributed by atoms with Gasteiger partial charge in [0.1, 0.15) is 11.9 Å². The molecule has 0 saturated carbocycles. The first-order chi connectivity index (χ1) is 7.50. The van der Waals surface area contributed by atoms with Gasteiger partial charge in [0, 0.05) is 6.42 Å². The normalized spacial score (nSPS) is 12.1. The average Bonchev–Trinajstić information content (AvgIpc) is 2.26. The van der Waals surface area contributed by atoms with E-state index in [0.717, 1.165) is 0 Å². The van der Waals surface area contributed by atoms with Crippen LogP contribution in [0.15, 0.2) is 24.3 Å². The Morgan fingerprint density at radius 2 is 1.69 bits per heavy atom. The van der Waals surface area contributed by atoms with E-state index < -0.39 is 17.9 Å². The molecule has 1 rings (SSSR count). The molecule has 0 bridgehead atoms. The number of phenols is 1. The lowest BCUT2D eigenvalue weighted by Gasteiger charge is -2.08. The summed E-state index contributed by atoms with van der Waals surface area (Å²) in [7, 11) is 0. The van der Waals surface area contributed by atoms with Crippen LogP contribution in [0.4, 0.5) is 0 Å². The van der Waals surface area contributed by atoms with Gasteiger partial charge in [-0.15, -0.1) is 0 Å². The molecule has 0 aromatic heterocycles. The fraction of sp³-hybridized carbons (Fsp3) is 0.273. The Morgan fingerprint density at radius 3 is 2.19 bits per heavy atom. The number of rotatable bonds is 5. The van der Waals surface area contributed by atoms with Crippen LogP contribution in [0.2, 0.25) is 0 Å². The van der Waals surface area contributed by atoms with Crippen molar-refractivity contribution >= 4 is 11.8 Å². The molecule has 0 aliphatic rings. The number of aliphatic hydroxyl groups is 1. The van der Waals surface area contributed by atoms with E-state index in [0.29, 0.717) is 5.56 Å². The van der Waals surface area contributed by atoms with Crippen LogP contribution in [0.5, 0.6) is 5.75 Å². The molecule has 5 nitrogen and oxygen atoms in total. The lowest BCUT2D eigenvalue weighted by molar-refractivity contribution is -0.139. The summed E-state index contributed by atoms with van der Waals surface area (Å²) in [5, 5.41) is 27.0. The molecule has 0 radical (unpaired) electrons. The summed E-state index contributed by atoms with van der Waals surface area (Å²) in [5.41, 5.74) is 0.341. The molecule has 16 heavy (non-hydrogen) atoms. The monoisotopic (exact) mass is 224 g/mol. The molecule has 0 fully saturated rings. The number of carbonyl (C=O) groups excluding carboxylic acids is 1. The molecule has 1 aromatic carbocycles. The third kappa shape index (κ3) is 3.36. The minimum absolute atomic E-state index is 0.0361. The summed E-state index contributed by atoms with van der Waals surface area (Å²) in [4.78, 5) is 21.6. The second-order valence-corrected chi connectivity index (χ2v) is 3.35. The zero-order valence-corrected chi connectivity index (χ0v) is 8.46. The second-order valence-electron chi connectivity index (χ2n) is 3.35. The van der Waals surface area contributed by atoms with Gasteiger partial charge in [0.15, 0.2) is 5.78 Å². The number of phenolic OH excluding ortho intramolecular Hbond substituents is 1. The maximum Gasteiger partial charge on any atom is 0.303 e. The Labute approximate surface area is 92.0 Å². The molecule has 0 unspecified atom stereocenters. The Kier molecular flexibility index (Phi) is 4.02. The predicted octanol–water partition coefficient (Wildman–Crippen LogP) is 0.859. The second kappa shape index (κ2) is 5.27. The number of Topliss-reactive ketones (excluding diaryl/α,β-unsaturated/α-hetero) is 1. The number of hydrogen-bond acceptors (Lipinski definition) is 4. The summed E-state index contributed by atoms with van der Waals surface area (Å²) in [6, 6.07) is 5.53. The van der Waals surface area contributed by atoms with Crippen molar-refractivity contribution in [1.29, 1.82) is 0 Å². The van der Waals surface area contributed by atoms with E-state index in [1.165, 1.54) is 24.3 Å². The number of aliphatic carboxylic acids is 1. The van der Waals surface area contributed by atoms with Crippen LogP contribution in [0.1, 0.15) is 24.5 Å². The van der Waals surface area contributed by atoms with E-state index >= 15 is 0 Å². The lowest BCUT2D eigenvalue weighted by Crippen LogP contribution is -2.13. The lowest BCUT2D eigenvalue weighted by atomic mass is 10.0. The molecule has 0 aliphatic heterocycles. The van der Waals surface area contributed by atoms with Crippen molar-refractivity contribution in [3.63, 3.8) is 0 Å². The highest BCUT2D eigenvalue weighted by Crippen LogP contribution is 2.18. The minimum Gasteiger partial charge on any atom is -0.508 e. The van der Waals surface area contributed by atoms with E-state index in [2.05, 4.69) is 0 Å². The third-order valence-corrected chi connectivity index (χ3v) is 2.10. The quantitative estimate of drug-likeness (QED) is 0.689. The van der Waals surface area contributed by atoms with Crippen molar-refractivity contribution in [2.75, 3.05) is 0 Å². The van der Waals surface area contributed by atoms with Crippen LogP contribution in [0, 0.1) is 0 Å². The van der Waals surface area contributed by atoms with Crippen molar-refractivity contribution in [2.45, 2.75) is 18.9 Å². The summed E-state index contributed by atoms with van der Waals surface area (Å²) in [5.74, 6) is -1.59. The van der Waals surface area contributed by atoms with Gasteiger partial charge in [0.25, 0.3) is 0 Å². The summed E-state index contributed by atoms with van der Waals surface area (Å²) < 4.78 is 0. The number of carboxylic acid groups (broad SMARTS) is 1. The number of aliphatic hydroxyl groups excluding tert-OH is 1. The van der Waals surface area contributed by atoms with Gasteiger partial charge >= 0.3 is 5.97 Å². The Balaban J connectivity index is 2.63. The zero-order chi connectivity index (χ0) is 12.1. The number of carboxylic acids is 1. The van der Waals surface area contributed by atoms with E-state index in [1.54, 1.807) is 0 Å². The zero-order valence-electron chi connectivity index (χ0n) is 8.46. The van der Waals surface area contributed by atoms with E-state index in [4.69, 9.17) is 10.2 Å². The molecule has 3 N–H and O–H groups in total. The summed E-state index contributed by atoms with van der Waals surface area (Å²) in [6.07, 6.45) is -1.84. The first kappa shape index (κ1) is 12.2. The van der Waals surface area contributed by atoms with Crippen LogP contribution >= 0.6 is 0 Å². The molecule has 5 heteroatoms. The average molecular weight is 224 g/mol. The molecule has 86 valence electrons. The summed E-state index contributed by atoms with van der Waals surface area (Å²) in [6.45, 7) is 0. The number of hydrogen-bond donors (Lipinski definition) is 3. The molecular formula is C11H12O5. The topological polar surface area (TPSA) is 94.8 Å². The molecular weight excluding hydrogens is 212 g/mol. The van der Waals surface area contributed by atoms with Gasteiger partial charge < -0.3 is 15.3 Å². The van der Waals surface area contributed by atoms with Gasteiger partial charge in [0.05, 0.1) is 6.42 Å². The number of ketones is 1. The molecule has 0 amide bonds. The minimum atomic E-state index is -1.33. The maximum atomic E-state index is 11.4. The number of aromatic hydroxyl groups is 1. The fourth-order valence-corrected chi connectivity index (χ4v) is 1.21. The fourth-order valence-electron chi connectivity index (χ4n) is 1.21. The van der Waals surface area contributed by atoms with Crippen LogP contribution in [0.3, 0.4) is 0 Å². The highest BCUT2D eigenvalue weighted by atomic mass is 16.4. The van der Waals surface area contributed by atoms with Crippen LogP contribution in [0.25, 0.3) is 0 Å². The SMILES string of the molecule is O=C(O)CCC(=O)[C@H](O)c1ccc(O)cc1. The smallest absolute Gasteiger partial charge is 0.303 e. The third-order valence-electron chi connectivity index (χ3n) is 2.10. The molecule has 1 atom stereocenters. The maximum absolute atomic E-state index is 11.4. The van der Waals surface area contributed by atoms with Gasteiger partial charge in [-0.1, -0.05) is 12.1 Å². The molecule has 1 aromatic rings. The van der Waals surface area contributed by atoms with Crippen LogP contribution in [-0.2, 0) is 9.59 Å². The van der Waals surface area contributed by atoms with Crippen molar-refractivity contribution in [3.05, 3.63) is 29.8 Å². The van der Waals surface area contributed by atoms with Gasteiger partial charge in [0.2, 0.25) is 0 Å². The first-order valence-electron chi connectivity index (χ1n) is 4.72. The highest BCUT2D eigenvalue weighted by Gasteiger charge is 2.17. The molecule has 0 aliphatic carbocycles. The van der Waals surface area contributed by atoms with Crippen LogP contribution < -0.4 is 0 Å². The Hall–Kier alpha value is -1.88. The van der Waals surface area contributed by atoms with Crippen molar-refractivity contribution in [1.82, 2.24) is 0 Å². The predicted molar refractivity (Wildman–Crippen MR) is 54.9 cm³/mol. The van der Waals surface area contributed by atoms with Crippen molar-refractivity contribution < 1.29 is 24.9 Å². The van der Waals surface area contributed by atoms with Gasteiger partial charge in [-0.2, -0.15) is 0 Å². The van der Waals surface area contributed by atoms with E-state index in [-0.39, 0.29) is 18.6 Å². The van der Waals surface area contributed by atoms with Gasteiger partial charge in [-0.05, 0) is 17.7 Å². The standard InChI is InChI=1S/C11H12O5/c12-8-3-1-7(2-4-8)11(16)9(13)5-6-10(14)15/h1-4,11-12,16H,5-6H2,(H,14,15)/t11-/m1/s1. The van der Waals surface area contributed by atoms with Crippen molar-refractivity contribution in [3.8, 4) is 5.75 Å². The van der Waals surface area contributed by atoms with E-state index in [9.17, 15) is 14.7 Å². The van der Waals surface area contributed by atoms with Gasteiger partial charge in [-0.25, -0.2) is 0 Å². The largest absolute Gasteiger partial charge is 0.508 e. The number of carbonyl (C=O) groups is 2. The van der Waals surface area contributed by atoms with Crippen molar-refractivity contribution in [2.24, 2.45) is 0 Å². The summed E-state index contributed by atoms with van der Waals surface area (Å²) >= 11 is 0. The Morgan fingerprint density at radius 1 is 1.12 bits per heavy atom. The highest BCUT2D eigenvalue weighted by molar-refractivity contribution is 5.86. The molecule has 0 saturated heterocycles. The van der Waals surface area contributed by atoms with Gasteiger partial charge in [-0.3, -0.25) is 9.59 Å². The first-order valence-corrected chi connectivity index (χ1v) is 4.72. The Bertz CT molecular complexity index is 382. The number of benzene rings is 1.